The van der Waals surface area contributed by atoms with Gasteiger partial charge in [-0.3, -0.25) is 0 Å². The number of carbonyl (C=O) groups excluding carboxylic acids is 11. The van der Waals surface area contributed by atoms with Gasteiger partial charge in [0.2, 0.25) is 66.9 Å². The van der Waals surface area contributed by atoms with Crippen molar-refractivity contribution in [2.45, 2.75) is 110 Å². The van der Waals surface area contributed by atoms with Crippen LogP contribution in [0.5, 0.6) is 23.0 Å². The number of aryl methyl sites for hydroxylation is 1. The van der Waals surface area contributed by atoms with Gasteiger partial charge in [-0.2, -0.15) is 55.7 Å². The molecule has 0 heterocycles. The second-order valence-electron chi connectivity index (χ2n) is 25.0. The van der Waals surface area contributed by atoms with Crippen LogP contribution >= 0.6 is 45.2 Å². The number of hydrogen-bond acceptors (Lipinski definition) is 34. The molecular weight excluding hydrogens is 1860 g/mol. The van der Waals surface area contributed by atoms with Crippen molar-refractivity contribution in [1.82, 2.24) is 0 Å². The van der Waals surface area contributed by atoms with E-state index in [0.717, 1.165) is 87.2 Å². The van der Waals surface area contributed by atoms with Crippen molar-refractivity contribution < 1.29 is 88.6 Å². The lowest BCUT2D eigenvalue weighted by molar-refractivity contribution is 0.0915. The average molecular weight is 1940 g/mol. The molecule has 2 aliphatic carbocycles. The minimum atomic E-state index is 0.166. The zero-order chi connectivity index (χ0) is 94.9. The van der Waals surface area contributed by atoms with Crippen LogP contribution in [0.4, 0.5) is 45.5 Å². The molecule has 9 aromatic carbocycles. The Labute approximate surface area is 760 Å². The SMILES string of the molecule is COc1cc(-c2ccc(OC#N)c(OC)c2)ccc1N=C=O.Cc1c(N=C=O)cccc1OC#N.Cc1ccc(N=C=O)cc1N=C=O.N#COC1CCC(CC2CCC(N=C=O)CC2)CC1.N#COCc1ccc(CN=C=O)cc1.N#COCc1cccc(CN=C=O)c1.O=C=Nc1ccc(N=C=O)cc1.O=C=Nc1cccc2c(N=C=O)cccc12.[2H]CI.[2H]CI. The first-order valence-corrected chi connectivity index (χ1v) is 40.0. The summed E-state index contributed by atoms with van der Waals surface area (Å²) in [6.07, 6.45) is 34.7. The van der Waals surface area contributed by atoms with Crippen LogP contribution in [0.2, 0.25) is 0 Å². The molecule has 0 amide bonds. The van der Waals surface area contributed by atoms with E-state index >= 15 is 0 Å². The van der Waals surface area contributed by atoms with Gasteiger partial charge in [-0.1, -0.05) is 142 Å². The van der Waals surface area contributed by atoms with Gasteiger partial charge in [0.25, 0.3) is 31.3 Å². The van der Waals surface area contributed by atoms with Crippen molar-refractivity contribution >= 4 is 168 Å². The first kappa shape index (κ1) is 103. The van der Waals surface area contributed by atoms with Crippen molar-refractivity contribution in [2.24, 2.45) is 66.8 Å². The van der Waals surface area contributed by atoms with Crippen molar-refractivity contribution in [3.05, 3.63) is 215 Å². The van der Waals surface area contributed by atoms with Crippen LogP contribution < -0.4 is 18.9 Å². The molecule has 0 unspecified atom stereocenters. The van der Waals surface area contributed by atoms with Crippen LogP contribution in [0, 0.1) is 83.3 Å². The predicted octanol–water partition coefficient (Wildman–Crippen LogP) is 19.8. The Morgan fingerprint density at radius 1 is 0.370 bits per heavy atom. The van der Waals surface area contributed by atoms with Gasteiger partial charge in [0, 0.05) is 19.1 Å². The van der Waals surface area contributed by atoms with E-state index in [1.54, 1.807) is 172 Å². The number of nitriles is 5. The van der Waals surface area contributed by atoms with Crippen LogP contribution in [0.25, 0.3) is 21.9 Å². The topological polar surface area (TPSA) is 507 Å². The fourth-order valence-corrected chi connectivity index (χ4v) is 11.7. The van der Waals surface area contributed by atoms with Crippen LogP contribution in [0.3, 0.4) is 0 Å². The van der Waals surface area contributed by atoms with Gasteiger partial charge in [0.05, 0.1) is 73.2 Å². The Kier molecular flexibility index (Phi) is 55.0. The summed E-state index contributed by atoms with van der Waals surface area (Å²) < 4.78 is 46.4. The highest BCUT2D eigenvalue weighted by Crippen LogP contribution is 2.39. The Bertz CT molecular complexity index is 5780. The molecule has 0 aromatic heterocycles. The quantitative estimate of drug-likeness (QED) is 0.0169. The van der Waals surface area contributed by atoms with Crippen molar-refractivity contribution in [1.29, 1.82) is 26.3 Å². The van der Waals surface area contributed by atoms with Gasteiger partial charge in [0.15, 0.2) is 11.5 Å². The molecule has 0 N–H and O–H groups in total. The molecule has 0 aliphatic heterocycles. The zero-order valence-electron chi connectivity index (χ0n) is 70.5. The number of aliphatic imine (C=N–C) groups is 11. The van der Waals surface area contributed by atoms with E-state index in [-0.39, 0.29) is 25.4 Å². The fraction of sp³-hybridized carbons (Fsp3) is 0.253. The highest BCUT2D eigenvalue weighted by molar-refractivity contribution is 14.1. The maximum absolute atomic E-state index is 10.4. The second kappa shape index (κ2) is 67.6. The first-order chi connectivity index (χ1) is 62.9. The molecule has 644 valence electrons. The monoisotopic (exact) mass is 1940 g/mol. The molecule has 11 rings (SSSR count). The molecule has 2 aliphatic rings. The van der Waals surface area contributed by atoms with Gasteiger partial charge in [-0.05, 0) is 217 Å². The summed E-state index contributed by atoms with van der Waals surface area (Å²) in [7, 11) is 2.99. The number of hydrogen-bond donors (Lipinski definition) is 0. The molecule has 0 radical (unpaired) electrons. The summed E-state index contributed by atoms with van der Waals surface area (Å²) in [6.45, 7) is 4.67. The highest BCUT2D eigenvalue weighted by Gasteiger charge is 2.28. The number of isocyanates is 11. The van der Waals surface area contributed by atoms with Gasteiger partial charge in [-0.15, -0.1) is 10.5 Å². The van der Waals surface area contributed by atoms with Crippen LogP contribution in [0.1, 0.15) is 93.9 Å². The summed E-state index contributed by atoms with van der Waals surface area (Å²) >= 11 is 3.91. The van der Waals surface area contributed by atoms with Gasteiger partial charge in [-0.25, -0.2) is 67.7 Å². The Morgan fingerprint density at radius 2 is 0.803 bits per heavy atom. The Morgan fingerprint density at radius 3 is 1.31 bits per heavy atom. The van der Waals surface area contributed by atoms with Gasteiger partial charge >= 0.3 is 0 Å². The lowest BCUT2D eigenvalue weighted by atomic mass is 9.76. The molecule has 0 saturated heterocycles. The molecule has 0 atom stereocenters. The zero-order valence-corrected chi connectivity index (χ0v) is 72.8. The molecule has 9 aromatic rings. The first-order valence-electron chi connectivity index (χ1n) is 38.3. The van der Waals surface area contributed by atoms with E-state index in [0.29, 0.717) is 97.0 Å². The number of fused-ring (bicyclic) bond motifs is 1. The van der Waals surface area contributed by atoms with E-state index < -0.39 is 0 Å². The average Bonchev–Trinajstić information content (AvgIpc) is 0.838. The number of benzene rings is 9. The van der Waals surface area contributed by atoms with Crippen molar-refractivity contribution in [3.63, 3.8) is 0 Å². The van der Waals surface area contributed by atoms with Crippen LogP contribution in [-0.2, 0) is 93.3 Å². The minimum absolute atomic E-state index is 0.166. The normalized spacial score (nSPS) is 12.6. The molecule has 34 nitrogen and oxygen atoms in total. The van der Waals surface area contributed by atoms with E-state index in [1.165, 1.54) is 113 Å². The molecule has 127 heavy (non-hydrogen) atoms. The standard InChI is InChI=1S/C16H12N2O4.C15H22N2O2.C12H6N2O2.2C10H8N2O2.2C9H6N2O2.C8H4N2O2.2CH3I/c1-20-15-7-11(3-5-13(15)18-10-19)12-4-6-14(22-9-17)16(8-12)21-2;16-10-19-15-7-3-13(4-8-15)9-12-1-5-14(6-2-12)17-11-18;15-7-13-11-5-1-3-9-10(11)4-2-6-12(9)14-8-16;11-7-14-6-10-3-1-9(2-4-10)5-12-8-13;11-7-14-6-10-3-1-2-9(4-10)5-12-8-13;1-7-2-3-8(10-5-12)4-9(7)11-6-13;1-7-8(11-6-12)3-2-4-9(7)13-5-10;11-5-9-7-1-2-8(4-3-7)10-6-12;2*1-2/h3-8H,1-2H3;12-15H,1-9H2;1-6H;2*1-4H,5-6H2;2*2-4H,1H3;1-4H;2*1H3/i;;;;;;;;2*1D. The number of nitrogens with zero attached hydrogens (tertiary/aromatic N) is 16. The lowest BCUT2D eigenvalue weighted by Crippen LogP contribution is -2.24. The van der Waals surface area contributed by atoms with Gasteiger partial charge in [0.1, 0.15) is 36.5 Å². The van der Waals surface area contributed by atoms with Crippen molar-refractivity contribution in [3.8, 4) is 65.4 Å². The molecule has 0 spiro atoms. The third-order valence-corrected chi connectivity index (χ3v) is 17.5. The number of ether oxygens (including phenoxy) is 7. The van der Waals surface area contributed by atoms with Gasteiger partial charge < -0.3 is 33.2 Å². The third kappa shape index (κ3) is 41.8. The fourth-order valence-electron chi connectivity index (χ4n) is 11.7. The third-order valence-electron chi connectivity index (χ3n) is 17.5. The summed E-state index contributed by atoms with van der Waals surface area (Å²) in [5.41, 5.74) is 10.5. The number of halogens is 2. The molecule has 2 saturated carbocycles. The number of rotatable bonds is 25. The van der Waals surface area contributed by atoms with Crippen LogP contribution in [-0.4, -0.2) is 103 Å². The molecule has 0 bridgehead atoms. The maximum atomic E-state index is 10.4. The van der Waals surface area contributed by atoms with E-state index in [2.05, 4.69) is 69.1 Å². The van der Waals surface area contributed by atoms with Crippen molar-refractivity contribution in [2.75, 3.05) is 24.0 Å². The highest BCUT2D eigenvalue weighted by atomic mass is 127. The summed E-state index contributed by atoms with van der Waals surface area (Å²) in [5.74, 6) is 3.23. The summed E-state index contributed by atoms with van der Waals surface area (Å²) in [5, 5.41) is 43.2. The largest absolute Gasteiger partial charge is 0.494 e. The van der Waals surface area contributed by atoms with E-state index in [9.17, 15) is 52.7 Å². The second-order valence-corrected chi connectivity index (χ2v) is 25.0. The minimum Gasteiger partial charge on any atom is -0.494 e. The molecule has 36 heteroatoms. The summed E-state index contributed by atoms with van der Waals surface area (Å²) in [4.78, 5) is 150. The molecular formula is C91H78I2N16O18. The maximum Gasteiger partial charge on any atom is 0.292 e. The Balaban J connectivity index is 0.000000498. The Hall–Kier alpha value is -16.1. The van der Waals surface area contributed by atoms with E-state index in [4.69, 9.17) is 48.0 Å². The summed E-state index contributed by atoms with van der Waals surface area (Å²) in [6, 6.07) is 51.7. The predicted molar refractivity (Wildman–Crippen MR) is 481 cm³/mol. The lowest BCUT2D eigenvalue weighted by Gasteiger charge is -2.32. The van der Waals surface area contributed by atoms with E-state index in [1.807, 2.05) is 100.0 Å². The molecule has 2 fully saturated rings. The smallest absolute Gasteiger partial charge is 0.292 e. The van der Waals surface area contributed by atoms with Crippen LogP contribution in [0.15, 0.2) is 237 Å². The number of methoxy groups -OCH3 is 2. The number of alkyl halides is 2.